The van der Waals surface area contributed by atoms with Crippen molar-refractivity contribution in [2.45, 2.75) is 6.92 Å². The highest BCUT2D eigenvalue weighted by Crippen LogP contribution is 2.31. The van der Waals surface area contributed by atoms with Crippen molar-refractivity contribution < 1.29 is 8.78 Å². The average Bonchev–Trinajstić information content (AvgIpc) is 2.57. The lowest BCUT2D eigenvalue weighted by Gasteiger charge is -2.02. The third-order valence-corrected chi connectivity index (χ3v) is 3.11. The van der Waals surface area contributed by atoms with Gasteiger partial charge in [-0.15, -0.1) is 11.3 Å². The van der Waals surface area contributed by atoms with Gasteiger partial charge in [0.25, 0.3) is 0 Å². The maximum Gasteiger partial charge on any atom is 0.167 e. The van der Waals surface area contributed by atoms with Crippen LogP contribution in [0.2, 0.25) is 0 Å². The molecule has 0 aliphatic heterocycles. The molecule has 14 heavy (non-hydrogen) atoms. The van der Waals surface area contributed by atoms with E-state index >= 15 is 0 Å². The lowest BCUT2D eigenvalue weighted by atomic mass is 10.1. The Morgan fingerprint density at radius 2 is 1.93 bits per heavy atom. The molecule has 0 aliphatic rings. The Hall–Kier alpha value is -1.22. The summed E-state index contributed by atoms with van der Waals surface area (Å²) in [4.78, 5) is 0.794. The number of hydrogen-bond acceptors (Lipinski definition) is 1. The van der Waals surface area contributed by atoms with Gasteiger partial charge in [0.05, 0.1) is 0 Å². The summed E-state index contributed by atoms with van der Waals surface area (Å²) in [6.45, 7) is 1.89. The van der Waals surface area contributed by atoms with E-state index in [9.17, 15) is 8.78 Å². The number of halogens is 2. The predicted molar refractivity (Wildman–Crippen MR) is 54.4 cm³/mol. The van der Waals surface area contributed by atoms with E-state index in [4.69, 9.17) is 0 Å². The molecule has 0 atom stereocenters. The van der Waals surface area contributed by atoms with Crippen LogP contribution < -0.4 is 0 Å². The van der Waals surface area contributed by atoms with Crippen molar-refractivity contribution in [3.05, 3.63) is 46.8 Å². The van der Waals surface area contributed by atoms with Crippen molar-refractivity contribution in [3.63, 3.8) is 0 Å². The van der Waals surface area contributed by atoms with Crippen molar-refractivity contribution in [1.29, 1.82) is 0 Å². The molecule has 2 aromatic rings. The number of benzene rings is 1. The Balaban J connectivity index is 2.63. The van der Waals surface area contributed by atoms with E-state index in [1.165, 1.54) is 17.4 Å². The van der Waals surface area contributed by atoms with Crippen molar-refractivity contribution >= 4 is 11.3 Å². The molecule has 0 radical (unpaired) electrons. The van der Waals surface area contributed by atoms with Crippen LogP contribution in [0.4, 0.5) is 8.78 Å². The molecule has 0 aliphatic carbocycles. The molecular formula is C11H8F2S. The largest absolute Gasteiger partial charge is 0.204 e. The number of aryl methyl sites for hydroxylation is 1. The van der Waals surface area contributed by atoms with Gasteiger partial charge in [-0.1, -0.05) is 12.1 Å². The first-order chi connectivity index (χ1) is 6.70. The molecule has 0 unspecified atom stereocenters. The minimum Gasteiger partial charge on any atom is -0.204 e. The van der Waals surface area contributed by atoms with E-state index in [2.05, 4.69) is 0 Å². The average molecular weight is 210 g/mol. The molecule has 1 heterocycles. The summed E-state index contributed by atoms with van der Waals surface area (Å²) in [6.07, 6.45) is 0. The Labute approximate surface area is 84.8 Å². The zero-order chi connectivity index (χ0) is 10.1. The number of rotatable bonds is 1. The summed E-state index contributed by atoms with van der Waals surface area (Å²) in [5.74, 6) is -1.56. The highest BCUT2D eigenvalue weighted by molar-refractivity contribution is 7.13. The smallest absolute Gasteiger partial charge is 0.167 e. The van der Waals surface area contributed by atoms with Gasteiger partial charge in [0.1, 0.15) is 0 Å². The lowest BCUT2D eigenvalue weighted by molar-refractivity contribution is 0.511. The monoisotopic (exact) mass is 210 g/mol. The summed E-state index contributed by atoms with van der Waals surface area (Å²) < 4.78 is 26.3. The first-order valence-electron chi connectivity index (χ1n) is 4.18. The molecule has 1 aromatic carbocycles. The topological polar surface area (TPSA) is 0 Å². The molecular weight excluding hydrogens is 202 g/mol. The molecule has 0 saturated carbocycles. The fraction of sp³-hybridized carbons (Fsp3) is 0.0909. The zero-order valence-corrected chi connectivity index (χ0v) is 8.37. The third kappa shape index (κ3) is 1.44. The van der Waals surface area contributed by atoms with Gasteiger partial charge in [-0.25, -0.2) is 8.78 Å². The van der Waals surface area contributed by atoms with Crippen LogP contribution >= 0.6 is 11.3 Å². The molecule has 0 spiro atoms. The molecule has 2 rings (SSSR count). The highest BCUT2D eigenvalue weighted by Gasteiger charge is 2.11. The molecule has 3 heteroatoms. The van der Waals surface area contributed by atoms with E-state index in [1.54, 1.807) is 6.07 Å². The second-order valence-electron chi connectivity index (χ2n) is 3.03. The summed E-state index contributed by atoms with van der Waals surface area (Å²) >= 11 is 1.42. The van der Waals surface area contributed by atoms with Crippen LogP contribution in [-0.4, -0.2) is 0 Å². The van der Waals surface area contributed by atoms with Gasteiger partial charge in [-0.2, -0.15) is 0 Å². The molecule has 0 bridgehead atoms. The molecule has 0 nitrogen and oxygen atoms in total. The van der Waals surface area contributed by atoms with Gasteiger partial charge in [-0.05, 0) is 30.0 Å². The van der Waals surface area contributed by atoms with Crippen molar-refractivity contribution in [3.8, 4) is 10.4 Å². The van der Waals surface area contributed by atoms with Gasteiger partial charge >= 0.3 is 0 Å². The van der Waals surface area contributed by atoms with Gasteiger partial charge in [0.2, 0.25) is 0 Å². The predicted octanol–water partition coefficient (Wildman–Crippen LogP) is 4.00. The minimum atomic E-state index is -0.796. The molecule has 0 amide bonds. The van der Waals surface area contributed by atoms with Crippen LogP contribution in [0.5, 0.6) is 0 Å². The SMILES string of the molecule is Cc1ccsc1-c1cccc(F)c1F. The van der Waals surface area contributed by atoms with Crippen LogP contribution in [0.25, 0.3) is 10.4 Å². The first-order valence-corrected chi connectivity index (χ1v) is 5.06. The van der Waals surface area contributed by atoms with Crippen LogP contribution in [-0.2, 0) is 0 Å². The molecule has 72 valence electrons. The first kappa shape index (κ1) is 9.34. The number of hydrogen-bond donors (Lipinski definition) is 0. The van der Waals surface area contributed by atoms with E-state index in [-0.39, 0.29) is 0 Å². The van der Waals surface area contributed by atoms with E-state index < -0.39 is 11.6 Å². The van der Waals surface area contributed by atoms with Gasteiger partial charge in [0, 0.05) is 10.4 Å². The van der Waals surface area contributed by atoms with Crippen LogP contribution in [0, 0.1) is 18.6 Å². The fourth-order valence-corrected chi connectivity index (χ4v) is 2.27. The normalized spacial score (nSPS) is 10.5. The maximum atomic E-state index is 13.4. The standard InChI is InChI=1S/C11H8F2S/c1-7-5-6-14-11(7)8-3-2-4-9(12)10(8)13/h2-6H,1H3. The fourth-order valence-electron chi connectivity index (χ4n) is 1.33. The maximum absolute atomic E-state index is 13.4. The Morgan fingerprint density at radius 3 is 2.57 bits per heavy atom. The van der Waals surface area contributed by atoms with E-state index in [0.29, 0.717) is 5.56 Å². The second-order valence-corrected chi connectivity index (χ2v) is 3.95. The quantitative estimate of drug-likeness (QED) is 0.667. The van der Waals surface area contributed by atoms with Crippen LogP contribution in [0.3, 0.4) is 0 Å². The van der Waals surface area contributed by atoms with E-state index in [0.717, 1.165) is 16.5 Å². The second kappa shape index (κ2) is 3.50. The highest BCUT2D eigenvalue weighted by atomic mass is 32.1. The van der Waals surface area contributed by atoms with Crippen molar-refractivity contribution in [2.75, 3.05) is 0 Å². The Kier molecular flexibility index (Phi) is 2.33. The Morgan fingerprint density at radius 1 is 1.14 bits per heavy atom. The van der Waals surface area contributed by atoms with Gasteiger partial charge in [-0.3, -0.25) is 0 Å². The van der Waals surface area contributed by atoms with Crippen LogP contribution in [0.1, 0.15) is 5.56 Å². The lowest BCUT2D eigenvalue weighted by Crippen LogP contribution is -1.87. The van der Waals surface area contributed by atoms with Crippen LogP contribution in [0.15, 0.2) is 29.6 Å². The minimum absolute atomic E-state index is 0.345. The van der Waals surface area contributed by atoms with Crippen molar-refractivity contribution in [2.24, 2.45) is 0 Å². The van der Waals surface area contributed by atoms with Gasteiger partial charge < -0.3 is 0 Å². The van der Waals surface area contributed by atoms with Gasteiger partial charge in [0.15, 0.2) is 11.6 Å². The summed E-state index contributed by atoms with van der Waals surface area (Å²) in [5, 5.41) is 1.87. The summed E-state index contributed by atoms with van der Waals surface area (Å²) in [5.41, 5.74) is 1.32. The molecule has 0 fully saturated rings. The summed E-state index contributed by atoms with van der Waals surface area (Å²) in [6, 6.07) is 6.14. The number of thiophene rings is 1. The molecule has 0 saturated heterocycles. The third-order valence-electron chi connectivity index (χ3n) is 2.06. The zero-order valence-electron chi connectivity index (χ0n) is 7.55. The Bertz CT molecular complexity index is 460. The molecule has 1 aromatic heterocycles. The van der Waals surface area contributed by atoms with E-state index in [1.807, 2.05) is 18.4 Å². The van der Waals surface area contributed by atoms with Crippen molar-refractivity contribution in [1.82, 2.24) is 0 Å². The summed E-state index contributed by atoms with van der Waals surface area (Å²) in [7, 11) is 0. The molecule has 0 N–H and O–H groups in total.